The maximum Gasteiger partial charge on any atom is 0.253 e. The molecule has 1 aromatic heterocycles. The Morgan fingerprint density at radius 2 is 2.04 bits per heavy atom. The van der Waals surface area contributed by atoms with Crippen LogP contribution in [0.3, 0.4) is 0 Å². The predicted octanol–water partition coefficient (Wildman–Crippen LogP) is 1.81. The topological polar surface area (TPSA) is 45.7 Å². The summed E-state index contributed by atoms with van der Waals surface area (Å²) < 4.78 is 5.93. The van der Waals surface area contributed by atoms with Crippen LogP contribution in [-0.4, -0.2) is 59.1 Å². The molecule has 5 heteroatoms. The summed E-state index contributed by atoms with van der Waals surface area (Å²) in [6.07, 6.45) is 3.80. The van der Waals surface area contributed by atoms with E-state index >= 15 is 0 Å². The summed E-state index contributed by atoms with van der Waals surface area (Å²) in [5.41, 5.74) is 1.95. The molecule has 0 N–H and O–H groups in total. The average Bonchev–Trinajstić information content (AvgIpc) is 3.08. The van der Waals surface area contributed by atoms with Crippen molar-refractivity contribution >= 4 is 5.91 Å². The van der Waals surface area contributed by atoms with Gasteiger partial charge in [0.05, 0.1) is 18.8 Å². The van der Waals surface area contributed by atoms with Crippen LogP contribution in [0.2, 0.25) is 0 Å². The van der Waals surface area contributed by atoms with Crippen molar-refractivity contribution in [3.05, 3.63) is 66.0 Å². The largest absolute Gasteiger partial charge is 0.373 e. The molecule has 3 heterocycles. The lowest BCUT2D eigenvalue weighted by molar-refractivity contribution is -0.0503. The fourth-order valence-electron chi connectivity index (χ4n) is 3.61. The Morgan fingerprint density at radius 1 is 1.17 bits per heavy atom. The normalized spacial score (nSPS) is 23.9. The standard InChI is InChI=1S/C19H21N3O2/c23-19(16-6-2-1-3-7-16)22-13-17-18(14-22)24-10-9-21(17)12-15-5-4-8-20-11-15/h1-8,11,17-18H,9-10,12-14H2/t17-,18-/m1/s1. The van der Waals surface area contributed by atoms with Gasteiger partial charge in [0.25, 0.3) is 5.91 Å². The third-order valence-corrected chi connectivity index (χ3v) is 4.83. The lowest BCUT2D eigenvalue weighted by atomic mass is 10.1. The monoisotopic (exact) mass is 323 g/mol. The zero-order valence-corrected chi connectivity index (χ0v) is 13.5. The van der Waals surface area contributed by atoms with Crippen LogP contribution in [0, 0.1) is 0 Å². The van der Waals surface area contributed by atoms with Crippen molar-refractivity contribution < 1.29 is 9.53 Å². The molecule has 0 radical (unpaired) electrons. The van der Waals surface area contributed by atoms with Gasteiger partial charge in [0, 0.05) is 44.1 Å². The van der Waals surface area contributed by atoms with Gasteiger partial charge >= 0.3 is 0 Å². The minimum Gasteiger partial charge on any atom is -0.373 e. The lowest BCUT2D eigenvalue weighted by Gasteiger charge is -2.36. The predicted molar refractivity (Wildman–Crippen MR) is 90.5 cm³/mol. The molecule has 0 spiro atoms. The summed E-state index contributed by atoms with van der Waals surface area (Å²) in [5.74, 6) is 0.0925. The van der Waals surface area contributed by atoms with E-state index in [0.29, 0.717) is 6.54 Å². The molecule has 2 aliphatic rings. The number of ether oxygens (including phenoxy) is 1. The summed E-state index contributed by atoms with van der Waals surface area (Å²) in [6, 6.07) is 13.8. The molecule has 124 valence electrons. The third kappa shape index (κ3) is 3.05. The average molecular weight is 323 g/mol. The molecule has 2 aromatic rings. The fourth-order valence-corrected chi connectivity index (χ4v) is 3.61. The van der Waals surface area contributed by atoms with Crippen molar-refractivity contribution in [1.82, 2.24) is 14.8 Å². The summed E-state index contributed by atoms with van der Waals surface area (Å²) in [6.45, 7) is 3.85. The number of aromatic nitrogens is 1. The molecule has 24 heavy (non-hydrogen) atoms. The number of nitrogens with zero attached hydrogens (tertiary/aromatic N) is 3. The molecule has 1 aromatic carbocycles. The molecular weight excluding hydrogens is 302 g/mol. The molecule has 2 saturated heterocycles. The smallest absolute Gasteiger partial charge is 0.253 e. The van der Waals surface area contributed by atoms with E-state index in [1.807, 2.05) is 47.5 Å². The molecule has 4 rings (SSSR count). The molecule has 0 unspecified atom stereocenters. The Balaban J connectivity index is 1.47. The molecular formula is C19H21N3O2. The Kier molecular flexibility index (Phi) is 4.28. The maximum atomic E-state index is 12.7. The number of morpholine rings is 1. The van der Waals surface area contributed by atoms with E-state index in [1.165, 1.54) is 5.56 Å². The Hall–Kier alpha value is -2.24. The minimum atomic E-state index is 0.0925. The van der Waals surface area contributed by atoms with Gasteiger partial charge in [-0.15, -0.1) is 0 Å². The number of benzene rings is 1. The first kappa shape index (κ1) is 15.3. The van der Waals surface area contributed by atoms with Crippen LogP contribution in [0.5, 0.6) is 0 Å². The van der Waals surface area contributed by atoms with Gasteiger partial charge < -0.3 is 9.64 Å². The van der Waals surface area contributed by atoms with Crippen molar-refractivity contribution in [2.24, 2.45) is 0 Å². The molecule has 2 aliphatic heterocycles. The summed E-state index contributed by atoms with van der Waals surface area (Å²) in [4.78, 5) is 21.2. The number of amides is 1. The molecule has 2 atom stereocenters. The quantitative estimate of drug-likeness (QED) is 0.864. The van der Waals surface area contributed by atoms with E-state index in [4.69, 9.17) is 4.74 Å². The highest BCUT2D eigenvalue weighted by Crippen LogP contribution is 2.25. The number of fused-ring (bicyclic) bond motifs is 1. The highest BCUT2D eigenvalue weighted by atomic mass is 16.5. The van der Waals surface area contributed by atoms with Gasteiger partial charge in [-0.3, -0.25) is 14.7 Å². The zero-order valence-electron chi connectivity index (χ0n) is 13.5. The summed E-state index contributed by atoms with van der Waals surface area (Å²) in [7, 11) is 0. The number of carbonyl (C=O) groups excluding carboxylic acids is 1. The van der Waals surface area contributed by atoms with Gasteiger partial charge in [0.15, 0.2) is 0 Å². The highest BCUT2D eigenvalue weighted by Gasteiger charge is 2.41. The van der Waals surface area contributed by atoms with Crippen molar-refractivity contribution in [2.45, 2.75) is 18.7 Å². The van der Waals surface area contributed by atoms with Gasteiger partial charge in [0.1, 0.15) is 0 Å². The van der Waals surface area contributed by atoms with Crippen LogP contribution in [0.25, 0.3) is 0 Å². The van der Waals surface area contributed by atoms with Gasteiger partial charge in [-0.25, -0.2) is 0 Å². The van der Waals surface area contributed by atoms with E-state index in [-0.39, 0.29) is 18.1 Å². The van der Waals surface area contributed by atoms with Crippen LogP contribution in [0.4, 0.5) is 0 Å². The number of likely N-dealkylation sites (tertiary alicyclic amines) is 1. The first-order valence-corrected chi connectivity index (χ1v) is 8.40. The summed E-state index contributed by atoms with van der Waals surface area (Å²) >= 11 is 0. The maximum absolute atomic E-state index is 12.7. The van der Waals surface area contributed by atoms with Gasteiger partial charge in [-0.2, -0.15) is 0 Å². The van der Waals surface area contributed by atoms with Crippen LogP contribution in [-0.2, 0) is 11.3 Å². The van der Waals surface area contributed by atoms with Crippen LogP contribution in [0.1, 0.15) is 15.9 Å². The SMILES string of the molecule is O=C(c1ccccc1)N1C[C@@H]2[C@@H](C1)OCCN2Cc1cccnc1. The lowest BCUT2D eigenvalue weighted by Crippen LogP contribution is -2.50. The third-order valence-electron chi connectivity index (χ3n) is 4.83. The van der Waals surface area contributed by atoms with E-state index in [1.54, 1.807) is 6.20 Å². The molecule has 2 fully saturated rings. The van der Waals surface area contributed by atoms with Gasteiger partial charge in [0.2, 0.25) is 0 Å². The zero-order chi connectivity index (χ0) is 16.4. The van der Waals surface area contributed by atoms with E-state index < -0.39 is 0 Å². The minimum absolute atomic E-state index is 0.0925. The molecule has 0 saturated carbocycles. The molecule has 0 aliphatic carbocycles. The van der Waals surface area contributed by atoms with Gasteiger partial charge in [-0.1, -0.05) is 24.3 Å². The highest BCUT2D eigenvalue weighted by molar-refractivity contribution is 5.94. The van der Waals surface area contributed by atoms with E-state index in [2.05, 4.69) is 16.0 Å². The van der Waals surface area contributed by atoms with E-state index in [0.717, 1.165) is 31.8 Å². The van der Waals surface area contributed by atoms with Crippen molar-refractivity contribution in [2.75, 3.05) is 26.2 Å². The molecule has 5 nitrogen and oxygen atoms in total. The number of pyridine rings is 1. The van der Waals surface area contributed by atoms with Crippen LogP contribution >= 0.6 is 0 Å². The van der Waals surface area contributed by atoms with Crippen LogP contribution in [0.15, 0.2) is 54.9 Å². The summed E-state index contributed by atoms with van der Waals surface area (Å²) in [5, 5.41) is 0. The number of hydrogen-bond acceptors (Lipinski definition) is 4. The Morgan fingerprint density at radius 3 is 2.83 bits per heavy atom. The van der Waals surface area contributed by atoms with E-state index in [9.17, 15) is 4.79 Å². The number of rotatable bonds is 3. The second-order valence-electron chi connectivity index (χ2n) is 6.38. The fraction of sp³-hybridized carbons (Fsp3) is 0.368. The number of hydrogen-bond donors (Lipinski definition) is 0. The molecule has 1 amide bonds. The van der Waals surface area contributed by atoms with Crippen molar-refractivity contribution in [3.8, 4) is 0 Å². The second-order valence-corrected chi connectivity index (χ2v) is 6.38. The second kappa shape index (κ2) is 6.71. The number of carbonyl (C=O) groups is 1. The first-order valence-electron chi connectivity index (χ1n) is 8.40. The first-order chi connectivity index (χ1) is 11.8. The Bertz CT molecular complexity index is 692. The van der Waals surface area contributed by atoms with Crippen LogP contribution < -0.4 is 0 Å². The Labute approximate surface area is 141 Å². The van der Waals surface area contributed by atoms with Crippen molar-refractivity contribution in [1.29, 1.82) is 0 Å². The molecule has 0 bridgehead atoms. The van der Waals surface area contributed by atoms with Crippen molar-refractivity contribution in [3.63, 3.8) is 0 Å². The van der Waals surface area contributed by atoms with Gasteiger partial charge in [-0.05, 0) is 23.8 Å².